The van der Waals surface area contributed by atoms with Gasteiger partial charge < -0.3 is 43.4 Å². The molecule has 0 radical (unpaired) electrons. The van der Waals surface area contributed by atoms with Gasteiger partial charge in [-0.2, -0.15) is 11.8 Å². The number of carboxylic acid groups (broad SMARTS) is 2. The smallest absolute Gasteiger partial charge is 0.326 e. The maximum Gasteiger partial charge on any atom is 0.326 e. The molecule has 5 atom stereocenters. The van der Waals surface area contributed by atoms with E-state index in [0.29, 0.717) is 18.6 Å². The number of nitrogens with zero attached hydrogens (tertiary/aromatic N) is 1. The Morgan fingerprint density at radius 3 is 2.06 bits per heavy atom. The maximum absolute atomic E-state index is 13.1. The standard InChI is InChI=1S/C21H39N7O7S/c1-4-11(2)16(28-17(31)12(22)7-9-36-3)19(33)26-13(6-5-8-25-21(23)24)18(32)27-14(20(34)35)10-15(29)30/h11-14,16H,4-10,22H2,1-3H3,(H,26,33)(H,27,32)(H,28,31)(H,29,30)(H,34,35)(H4,23,24,25). The second kappa shape index (κ2) is 17.4. The number of amides is 3. The topological polar surface area (TPSA) is 252 Å². The molecular formula is C21H39N7O7S. The summed E-state index contributed by atoms with van der Waals surface area (Å²) in [6.45, 7) is 3.71. The highest BCUT2D eigenvalue weighted by atomic mass is 32.2. The van der Waals surface area contributed by atoms with Crippen LogP contribution in [0, 0.1) is 5.92 Å². The van der Waals surface area contributed by atoms with Crippen LogP contribution in [0.15, 0.2) is 4.99 Å². The number of aliphatic imine (C=N–C) groups is 1. The van der Waals surface area contributed by atoms with Crippen LogP contribution in [0.1, 0.15) is 46.0 Å². The summed E-state index contributed by atoms with van der Waals surface area (Å²) in [4.78, 5) is 64.7. The summed E-state index contributed by atoms with van der Waals surface area (Å²) < 4.78 is 0. The summed E-state index contributed by atoms with van der Waals surface area (Å²) in [5.41, 5.74) is 16.5. The number of guanidine groups is 1. The highest BCUT2D eigenvalue weighted by Gasteiger charge is 2.32. The Kier molecular flexibility index (Phi) is 15.9. The minimum Gasteiger partial charge on any atom is -0.481 e. The Balaban J connectivity index is 5.66. The van der Waals surface area contributed by atoms with Crippen molar-refractivity contribution in [3.05, 3.63) is 0 Å². The second-order valence-electron chi connectivity index (χ2n) is 8.27. The number of thioether (sulfide) groups is 1. The number of rotatable bonds is 18. The van der Waals surface area contributed by atoms with Crippen LogP contribution >= 0.6 is 11.8 Å². The van der Waals surface area contributed by atoms with Crippen molar-refractivity contribution in [2.45, 2.75) is 70.1 Å². The van der Waals surface area contributed by atoms with Crippen LogP contribution in [0.2, 0.25) is 0 Å². The molecule has 3 amide bonds. The lowest BCUT2D eigenvalue weighted by molar-refractivity contribution is -0.147. The number of nitrogens with one attached hydrogen (secondary N) is 3. The van der Waals surface area contributed by atoms with E-state index >= 15 is 0 Å². The first-order chi connectivity index (χ1) is 16.8. The molecule has 0 aromatic rings. The summed E-state index contributed by atoms with van der Waals surface area (Å²) in [7, 11) is 0. The minimum absolute atomic E-state index is 0.0160. The highest BCUT2D eigenvalue weighted by molar-refractivity contribution is 7.98. The Labute approximate surface area is 214 Å². The molecule has 0 fully saturated rings. The normalized spacial score (nSPS) is 14.9. The molecule has 0 aliphatic heterocycles. The van der Waals surface area contributed by atoms with Crippen molar-refractivity contribution in [3.63, 3.8) is 0 Å². The highest BCUT2D eigenvalue weighted by Crippen LogP contribution is 2.11. The van der Waals surface area contributed by atoms with Gasteiger partial charge in [-0.1, -0.05) is 20.3 Å². The molecule has 0 rings (SSSR count). The number of carbonyl (C=O) groups excluding carboxylic acids is 3. The predicted octanol–water partition coefficient (Wildman–Crippen LogP) is -1.82. The van der Waals surface area contributed by atoms with E-state index in [-0.39, 0.29) is 31.3 Å². The number of carbonyl (C=O) groups is 5. The van der Waals surface area contributed by atoms with Crippen LogP contribution in [0.4, 0.5) is 0 Å². The van der Waals surface area contributed by atoms with Gasteiger partial charge >= 0.3 is 11.9 Å². The summed E-state index contributed by atoms with van der Waals surface area (Å²) in [5, 5.41) is 25.5. The molecule has 0 saturated heterocycles. The molecule has 0 aromatic heterocycles. The van der Waals surface area contributed by atoms with Gasteiger partial charge in [0.2, 0.25) is 17.7 Å². The Hall–Kier alpha value is -3.07. The third-order valence-corrected chi connectivity index (χ3v) is 5.98. The van der Waals surface area contributed by atoms with Crippen molar-refractivity contribution in [1.29, 1.82) is 0 Å². The first kappa shape index (κ1) is 32.9. The van der Waals surface area contributed by atoms with Crippen molar-refractivity contribution in [2.75, 3.05) is 18.6 Å². The van der Waals surface area contributed by atoms with Crippen LogP contribution < -0.4 is 33.2 Å². The lowest BCUT2D eigenvalue weighted by Gasteiger charge is -2.28. The molecule has 11 N–H and O–H groups in total. The maximum atomic E-state index is 13.1. The van der Waals surface area contributed by atoms with Crippen molar-refractivity contribution in [3.8, 4) is 0 Å². The van der Waals surface area contributed by atoms with E-state index in [1.54, 1.807) is 6.92 Å². The molecule has 0 bridgehead atoms. The van der Waals surface area contributed by atoms with Crippen molar-refractivity contribution < 1.29 is 34.2 Å². The molecule has 0 heterocycles. The predicted molar refractivity (Wildman–Crippen MR) is 136 cm³/mol. The van der Waals surface area contributed by atoms with Gasteiger partial charge in [-0.3, -0.25) is 24.2 Å². The van der Waals surface area contributed by atoms with Crippen LogP contribution in [0.5, 0.6) is 0 Å². The first-order valence-corrected chi connectivity index (χ1v) is 12.9. The van der Waals surface area contributed by atoms with Crippen LogP contribution in [0.25, 0.3) is 0 Å². The SMILES string of the molecule is CCC(C)C(NC(=O)C(N)CCSC)C(=O)NC(CCCN=C(N)N)C(=O)NC(CC(=O)O)C(=O)O. The fraction of sp³-hybridized carbons (Fsp3) is 0.714. The number of hydrogen-bond donors (Lipinski definition) is 8. The Bertz CT molecular complexity index is 793. The fourth-order valence-electron chi connectivity index (χ4n) is 3.02. The van der Waals surface area contributed by atoms with Gasteiger partial charge in [0.25, 0.3) is 0 Å². The molecule has 36 heavy (non-hydrogen) atoms. The van der Waals surface area contributed by atoms with Gasteiger partial charge in [-0.25, -0.2) is 4.79 Å². The molecule has 206 valence electrons. The molecule has 0 spiro atoms. The molecular weight excluding hydrogens is 494 g/mol. The number of nitrogens with two attached hydrogens (primary N) is 3. The third kappa shape index (κ3) is 13.1. The average molecular weight is 534 g/mol. The van der Waals surface area contributed by atoms with Crippen molar-refractivity contribution in [2.24, 2.45) is 28.1 Å². The zero-order chi connectivity index (χ0) is 27.8. The molecule has 0 aliphatic rings. The van der Waals surface area contributed by atoms with Gasteiger partial charge in [-0.15, -0.1) is 0 Å². The second-order valence-corrected chi connectivity index (χ2v) is 9.25. The van der Waals surface area contributed by atoms with Crippen LogP contribution in [0.3, 0.4) is 0 Å². The lowest BCUT2D eigenvalue weighted by atomic mass is 9.97. The van der Waals surface area contributed by atoms with Crippen molar-refractivity contribution >= 4 is 47.4 Å². The fourth-order valence-corrected chi connectivity index (χ4v) is 3.51. The van der Waals surface area contributed by atoms with Gasteiger partial charge in [-0.05, 0) is 37.2 Å². The molecule has 14 nitrogen and oxygen atoms in total. The molecule has 0 aliphatic carbocycles. The van der Waals surface area contributed by atoms with Gasteiger partial charge in [0.05, 0.1) is 12.5 Å². The van der Waals surface area contributed by atoms with E-state index in [1.807, 2.05) is 13.2 Å². The average Bonchev–Trinajstić information content (AvgIpc) is 2.80. The zero-order valence-electron chi connectivity index (χ0n) is 20.9. The van der Waals surface area contributed by atoms with Gasteiger partial charge in [0.15, 0.2) is 5.96 Å². The van der Waals surface area contributed by atoms with Crippen LogP contribution in [-0.4, -0.2) is 88.6 Å². The molecule has 5 unspecified atom stereocenters. The monoisotopic (exact) mass is 533 g/mol. The molecule has 15 heteroatoms. The summed E-state index contributed by atoms with van der Waals surface area (Å²) in [6, 6.07) is -4.77. The van der Waals surface area contributed by atoms with E-state index in [2.05, 4.69) is 20.9 Å². The number of carboxylic acids is 2. The Morgan fingerprint density at radius 2 is 1.56 bits per heavy atom. The Morgan fingerprint density at radius 1 is 0.944 bits per heavy atom. The van der Waals surface area contributed by atoms with Gasteiger partial charge in [0.1, 0.15) is 18.1 Å². The zero-order valence-corrected chi connectivity index (χ0v) is 21.7. The number of aliphatic carboxylic acids is 2. The molecule has 0 saturated carbocycles. The summed E-state index contributed by atoms with van der Waals surface area (Å²) in [6.07, 6.45) is 2.23. The summed E-state index contributed by atoms with van der Waals surface area (Å²) >= 11 is 1.53. The van der Waals surface area contributed by atoms with Gasteiger partial charge in [0, 0.05) is 6.54 Å². The van der Waals surface area contributed by atoms with E-state index in [1.165, 1.54) is 11.8 Å². The van der Waals surface area contributed by atoms with E-state index in [9.17, 15) is 29.1 Å². The number of hydrogen-bond acceptors (Lipinski definition) is 8. The quantitative estimate of drug-likeness (QED) is 0.0553. The minimum atomic E-state index is -1.70. The largest absolute Gasteiger partial charge is 0.481 e. The van der Waals surface area contributed by atoms with Crippen LogP contribution in [-0.2, 0) is 24.0 Å². The summed E-state index contributed by atoms with van der Waals surface area (Å²) in [5.74, 6) is -4.85. The molecule has 0 aromatic carbocycles. The first-order valence-electron chi connectivity index (χ1n) is 11.5. The lowest BCUT2D eigenvalue weighted by Crippen LogP contribution is -2.58. The third-order valence-electron chi connectivity index (χ3n) is 5.33. The van der Waals surface area contributed by atoms with E-state index in [4.69, 9.17) is 22.3 Å². The van der Waals surface area contributed by atoms with Crippen molar-refractivity contribution in [1.82, 2.24) is 16.0 Å². The van der Waals surface area contributed by atoms with E-state index in [0.717, 1.165) is 0 Å². The van der Waals surface area contributed by atoms with E-state index < -0.39 is 60.2 Å².